The molecular weight excluding hydrogens is 212 g/mol. The topological polar surface area (TPSA) is 38.0 Å². The van der Waals surface area contributed by atoms with E-state index in [2.05, 4.69) is 35.9 Å². The third-order valence-electron chi connectivity index (χ3n) is 3.73. The SMILES string of the molecule is CCC(CC)n1ccc(CC(O)CC2CC2)n1. The molecule has 0 amide bonds. The first-order chi connectivity index (χ1) is 8.22. The summed E-state index contributed by atoms with van der Waals surface area (Å²) in [6, 6.07) is 2.55. The van der Waals surface area contributed by atoms with E-state index in [0.717, 1.165) is 30.9 Å². The molecule has 1 aromatic rings. The largest absolute Gasteiger partial charge is 0.393 e. The van der Waals surface area contributed by atoms with Gasteiger partial charge < -0.3 is 5.11 Å². The average Bonchev–Trinajstić information content (AvgIpc) is 2.99. The van der Waals surface area contributed by atoms with Gasteiger partial charge in [0, 0.05) is 12.6 Å². The van der Waals surface area contributed by atoms with Gasteiger partial charge in [-0.1, -0.05) is 26.7 Å². The predicted molar refractivity (Wildman–Crippen MR) is 68.9 cm³/mol. The van der Waals surface area contributed by atoms with E-state index in [9.17, 15) is 5.11 Å². The van der Waals surface area contributed by atoms with Crippen molar-refractivity contribution in [2.24, 2.45) is 5.92 Å². The van der Waals surface area contributed by atoms with Crippen molar-refractivity contribution in [3.05, 3.63) is 18.0 Å². The molecule has 1 N–H and O–H groups in total. The molecule has 0 spiro atoms. The zero-order chi connectivity index (χ0) is 12.3. The Hall–Kier alpha value is -0.830. The highest BCUT2D eigenvalue weighted by Gasteiger charge is 2.24. The number of hydrogen-bond donors (Lipinski definition) is 1. The fourth-order valence-corrected chi connectivity index (χ4v) is 2.42. The van der Waals surface area contributed by atoms with Crippen molar-refractivity contribution >= 4 is 0 Å². The third kappa shape index (κ3) is 3.56. The van der Waals surface area contributed by atoms with E-state index in [4.69, 9.17) is 0 Å². The lowest BCUT2D eigenvalue weighted by atomic mass is 10.1. The van der Waals surface area contributed by atoms with Crippen molar-refractivity contribution in [1.29, 1.82) is 0 Å². The summed E-state index contributed by atoms with van der Waals surface area (Å²) in [5, 5.41) is 14.5. The second kappa shape index (κ2) is 5.67. The van der Waals surface area contributed by atoms with Gasteiger partial charge in [0.25, 0.3) is 0 Å². The minimum absolute atomic E-state index is 0.201. The molecule has 2 rings (SSSR count). The Morgan fingerprint density at radius 3 is 2.71 bits per heavy atom. The second-order valence-corrected chi connectivity index (χ2v) is 5.29. The molecule has 0 radical (unpaired) electrons. The van der Waals surface area contributed by atoms with Crippen LogP contribution in [-0.2, 0) is 6.42 Å². The Bertz CT molecular complexity index is 340. The first-order valence-corrected chi connectivity index (χ1v) is 6.95. The van der Waals surface area contributed by atoms with Crippen LogP contribution in [0, 0.1) is 5.92 Å². The zero-order valence-corrected chi connectivity index (χ0v) is 11.0. The zero-order valence-electron chi connectivity index (χ0n) is 11.0. The number of aromatic nitrogens is 2. The van der Waals surface area contributed by atoms with Gasteiger partial charge in [0.1, 0.15) is 0 Å². The number of nitrogens with zero attached hydrogens (tertiary/aromatic N) is 2. The molecule has 1 unspecified atom stereocenters. The molecule has 0 aliphatic heterocycles. The van der Waals surface area contributed by atoms with Gasteiger partial charge in [-0.2, -0.15) is 5.10 Å². The molecule has 3 heteroatoms. The van der Waals surface area contributed by atoms with Crippen LogP contribution in [0.25, 0.3) is 0 Å². The Labute approximate surface area is 104 Å². The van der Waals surface area contributed by atoms with E-state index >= 15 is 0 Å². The first-order valence-electron chi connectivity index (χ1n) is 6.95. The molecular formula is C14H24N2O. The average molecular weight is 236 g/mol. The van der Waals surface area contributed by atoms with Gasteiger partial charge in [-0.25, -0.2) is 0 Å². The van der Waals surface area contributed by atoms with Gasteiger partial charge in [0.2, 0.25) is 0 Å². The van der Waals surface area contributed by atoms with E-state index in [1.165, 1.54) is 12.8 Å². The smallest absolute Gasteiger partial charge is 0.0650 e. The summed E-state index contributed by atoms with van der Waals surface area (Å²) in [5.41, 5.74) is 1.03. The maximum Gasteiger partial charge on any atom is 0.0650 e. The molecule has 17 heavy (non-hydrogen) atoms. The summed E-state index contributed by atoms with van der Waals surface area (Å²) in [6.07, 6.45) is 8.36. The molecule has 1 aliphatic carbocycles. The number of hydrogen-bond acceptors (Lipinski definition) is 2. The van der Waals surface area contributed by atoms with Crippen molar-refractivity contribution in [2.45, 2.75) is 64.5 Å². The van der Waals surface area contributed by atoms with Gasteiger partial charge in [0.05, 0.1) is 17.8 Å². The highest BCUT2D eigenvalue weighted by Crippen LogP contribution is 2.34. The van der Waals surface area contributed by atoms with E-state index in [-0.39, 0.29) is 6.10 Å². The van der Waals surface area contributed by atoms with Crippen LogP contribution in [0.1, 0.15) is 57.7 Å². The number of aliphatic hydroxyl groups excluding tert-OH is 1. The molecule has 1 heterocycles. The summed E-state index contributed by atoms with van der Waals surface area (Å²) in [6.45, 7) is 4.38. The molecule has 96 valence electrons. The quantitative estimate of drug-likeness (QED) is 0.790. The molecule has 0 bridgehead atoms. The summed E-state index contributed by atoms with van der Waals surface area (Å²) in [4.78, 5) is 0. The molecule has 1 saturated carbocycles. The highest BCUT2D eigenvalue weighted by molar-refractivity contribution is 5.01. The van der Waals surface area contributed by atoms with Crippen LogP contribution in [0.5, 0.6) is 0 Å². The molecule has 0 aromatic carbocycles. The van der Waals surface area contributed by atoms with Gasteiger partial charge >= 0.3 is 0 Å². The lowest BCUT2D eigenvalue weighted by molar-refractivity contribution is 0.156. The van der Waals surface area contributed by atoms with Gasteiger partial charge in [-0.3, -0.25) is 4.68 Å². The summed E-state index contributed by atoms with van der Waals surface area (Å²) in [5.74, 6) is 0.783. The Morgan fingerprint density at radius 2 is 2.12 bits per heavy atom. The molecule has 1 aromatic heterocycles. The lowest BCUT2D eigenvalue weighted by Gasteiger charge is -2.12. The second-order valence-electron chi connectivity index (χ2n) is 5.29. The standard InChI is InChI=1S/C14H24N2O/c1-3-13(4-2)16-8-7-12(15-16)10-14(17)9-11-5-6-11/h7-8,11,13-14,17H,3-6,9-10H2,1-2H3. The van der Waals surface area contributed by atoms with Crippen LogP contribution in [0.15, 0.2) is 12.3 Å². The number of rotatable bonds is 7. The predicted octanol–water partition coefficient (Wildman–Crippen LogP) is 2.95. The van der Waals surface area contributed by atoms with E-state index < -0.39 is 0 Å². The van der Waals surface area contributed by atoms with Crippen molar-refractivity contribution in [3.63, 3.8) is 0 Å². The van der Waals surface area contributed by atoms with Gasteiger partial charge in [-0.15, -0.1) is 0 Å². The Kier molecular flexibility index (Phi) is 4.21. The maximum atomic E-state index is 9.93. The molecule has 1 fully saturated rings. The fraction of sp³-hybridized carbons (Fsp3) is 0.786. The van der Waals surface area contributed by atoms with Gasteiger partial charge in [0.15, 0.2) is 0 Å². The van der Waals surface area contributed by atoms with Crippen LogP contribution in [0.4, 0.5) is 0 Å². The summed E-state index contributed by atoms with van der Waals surface area (Å²) < 4.78 is 2.05. The normalized spacial score (nSPS) is 17.6. The maximum absolute atomic E-state index is 9.93. The summed E-state index contributed by atoms with van der Waals surface area (Å²) >= 11 is 0. The van der Waals surface area contributed by atoms with E-state index in [0.29, 0.717) is 12.5 Å². The molecule has 3 nitrogen and oxygen atoms in total. The van der Waals surface area contributed by atoms with Crippen molar-refractivity contribution < 1.29 is 5.11 Å². The number of aliphatic hydroxyl groups is 1. The Morgan fingerprint density at radius 1 is 1.41 bits per heavy atom. The van der Waals surface area contributed by atoms with Crippen LogP contribution < -0.4 is 0 Å². The minimum Gasteiger partial charge on any atom is -0.393 e. The van der Waals surface area contributed by atoms with Crippen LogP contribution in [0.3, 0.4) is 0 Å². The van der Waals surface area contributed by atoms with Crippen molar-refractivity contribution in [1.82, 2.24) is 9.78 Å². The highest BCUT2D eigenvalue weighted by atomic mass is 16.3. The van der Waals surface area contributed by atoms with Crippen LogP contribution in [0.2, 0.25) is 0 Å². The first kappa shape index (κ1) is 12.6. The lowest BCUT2D eigenvalue weighted by Crippen LogP contribution is -2.13. The Balaban J connectivity index is 1.87. The van der Waals surface area contributed by atoms with E-state index in [1.807, 2.05) is 0 Å². The molecule has 0 saturated heterocycles. The minimum atomic E-state index is -0.201. The van der Waals surface area contributed by atoms with Crippen LogP contribution in [-0.4, -0.2) is 21.0 Å². The molecule has 1 atom stereocenters. The van der Waals surface area contributed by atoms with E-state index in [1.54, 1.807) is 0 Å². The third-order valence-corrected chi connectivity index (χ3v) is 3.73. The monoisotopic (exact) mass is 236 g/mol. The van der Waals surface area contributed by atoms with Crippen molar-refractivity contribution in [2.75, 3.05) is 0 Å². The van der Waals surface area contributed by atoms with Crippen molar-refractivity contribution in [3.8, 4) is 0 Å². The fourth-order valence-electron chi connectivity index (χ4n) is 2.42. The van der Waals surface area contributed by atoms with Crippen LogP contribution >= 0.6 is 0 Å². The summed E-state index contributed by atoms with van der Waals surface area (Å²) in [7, 11) is 0. The van der Waals surface area contributed by atoms with Gasteiger partial charge in [-0.05, 0) is 31.2 Å². The molecule has 1 aliphatic rings.